The van der Waals surface area contributed by atoms with Crippen molar-refractivity contribution in [2.75, 3.05) is 39.9 Å². The normalized spacial score (nSPS) is 21.2. The highest BCUT2D eigenvalue weighted by Gasteiger charge is 2.59. The number of carbonyl (C=O) groups excluding carboxylic acids is 2. The average molecular weight is 505 g/mol. The molecule has 3 amide bonds. The number of ether oxygens (including phenoxy) is 1. The topological polar surface area (TPSA) is 89.1 Å². The first-order valence-electron chi connectivity index (χ1n) is 13.1. The molecule has 5 rings (SSSR count). The Balaban J connectivity index is 1.51. The number of fused-ring (bicyclic) bond motifs is 4. The fourth-order valence-electron chi connectivity index (χ4n) is 6.03. The molecule has 1 fully saturated rings. The summed E-state index contributed by atoms with van der Waals surface area (Å²) in [6.07, 6.45) is 1.73. The van der Waals surface area contributed by atoms with E-state index in [9.17, 15) is 14.7 Å². The lowest BCUT2D eigenvalue weighted by molar-refractivity contribution is -0.133. The van der Waals surface area contributed by atoms with E-state index >= 15 is 0 Å². The Morgan fingerprint density at radius 2 is 1.95 bits per heavy atom. The van der Waals surface area contributed by atoms with Gasteiger partial charge < -0.3 is 24.6 Å². The highest BCUT2D eigenvalue weighted by molar-refractivity contribution is 6.08. The average Bonchev–Trinajstić information content (AvgIpc) is 3.35. The number of amides is 3. The van der Waals surface area contributed by atoms with Crippen LogP contribution in [-0.4, -0.2) is 82.2 Å². The summed E-state index contributed by atoms with van der Waals surface area (Å²) in [6, 6.07) is 15.6. The molecule has 196 valence electrons. The summed E-state index contributed by atoms with van der Waals surface area (Å²) in [5.74, 6) is 0.629. The van der Waals surface area contributed by atoms with Gasteiger partial charge in [-0.3, -0.25) is 9.69 Å². The maximum atomic E-state index is 13.9. The standard InChI is InChI=1S/C29H36N4O4/c1-4-31(15-16-34)13-8-14-32-27(35)29(2)19-23-22-18-21(37-3)11-12-24(22)30-26(23)25(33(29)28(32)36)17-20-9-6-5-7-10-20/h5-7,9-12,18,25,30,34H,4,8,13-17,19H2,1-3H3/t25?,29-/m0/s1. The Hall–Kier alpha value is -3.36. The summed E-state index contributed by atoms with van der Waals surface area (Å²) < 4.78 is 5.49. The molecule has 1 aromatic heterocycles. The van der Waals surface area contributed by atoms with Gasteiger partial charge in [0.15, 0.2) is 0 Å². The Kier molecular flexibility index (Phi) is 6.96. The third kappa shape index (κ3) is 4.38. The van der Waals surface area contributed by atoms with E-state index in [4.69, 9.17) is 4.74 Å². The van der Waals surface area contributed by atoms with E-state index in [1.54, 1.807) is 7.11 Å². The zero-order valence-corrected chi connectivity index (χ0v) is 21.9. The zero-order chi connectivity index (χ0) is 26.2. The van der Waals surface area contributed by atoms with E-state index in [1.165, 1.54) is 4.90 Å². The second-order valence-electron chi connectivity index (χ2n) is 10.2. The summed E-state index contributed by atoms with van der Waals surface area (Å²) in [6.45, 7) is 6.55. The maximum Gasteiger partial charge on any atom is 0.328 e. The lowest BCUT2D eigenvalue weighted by atomic mass is 9.81. The minimum atomic E-state index is -0.961. The summed E-state index contributed by atoms with van der Waals surface area (Å²) in [7, 11) is 1.65. The number of hydrogen-bond donors (Lipinski definition) is 2. The molecule has 1 unspecified atom stereocenters. The van der Waals surface area contributed by atoms with E-state index in [0.717, 1.165) is 46.6 Å². The summed E-state index contributed by atoms with van der Waals surface area (Å²) in [4.78, 5) is 36.8. The molecule has 37 heavy (non-hydrogen) atoms. The number of nitrogens with zero attached hydrogens (tertiary/aromatic N) is 3. The Bertz CT molecular complexity index is 1290. The molecule has 3 heterocycles. The van der Waals surface area contributed by atoms with Gasteiger partial charge >= 0.3 is 6.03 Å². The van der Waals surface area contributed by atoms with Gasteiger partial charge in [0.05, 0.1) is 19.8 Å². The number of H-pyrrole nitrogens is 1. The van der Waals surface area contributed by atoms with E-state index in [1.807, 2.05) is 55.1 Å². The number of aliphatic hydroxyl groups is 1. The molecule has 2 aliphatic heterocycles. The quantitative estimate of drug-likeness (QED) is 0.411. The number of imide groups is 1. The highest BCUT2D eigenvalue weighted by atomic mass is 16.5. The number of nitrogens with one attached hydrogen (secondary N) is 1. The van der Waals surface area contributed by atoms with Crippen LogP contribution in [0.5, 0.6) is 5.75 Å². The molecule has 0 radical (unpaired) electrons. The van der Waals surface area contributed by atoms with E-state index in [2.05, 4.69) is 22.0 Å². The molecule has 0 bridgehead atoms. The van der Waals surface area contributed by atoms with Crippen LogP contribution >= 0.6 is 0 Å². The van der Waals surface area contributed by atoms with Gasteiger partial charge in [0.25, 0.3) is 5.91 Å². The second kappa shape index (κ2) is 10.2. The predicted molar refractivity (Wildman–Crippen MR) is 143 cm³/mol. The van der Waals surface area contributed by atoms with Crippen molar-refractivity contribution in [2.24, 2.45) is 0 Å². The third-order valence-corrected chi connectivity index (χ3v) is 7.98. The number of aromatic amines is 1. The van der Waals surface area contributed by atoms with Crippen LogP contribution in [0.3, 0.4) is 0 Å². The summed E-state index contributed by atoms with van der Waals surface area (Å²) >= 11 is 0. The van der Waals surface area contributed by atoms with Crippen molar-refractivity contribution in [1.29, 1.82) is 0 Å². The lowest BCUT2D eigenvalue weighted by Crippen LogP contribution is -2.53. The number of urea groups is 1. The Labute approximate surface area is 217 Å². The van der Waals surface area contributed by atoms with Gasteiger partial charge in [-0.15, -0.1) is 0 Å². The Morgan fingerprint density at radius 1 is 1.16 bits per heavy atom. The van der Waals surface area contributed by atoms with E-state index in [0.29, 0.717) is 32.4 Å². The van der Waals surface area contributed by atoms with Gasteiger partial charge in [-0.2, -0.15) is 0 Å². The van der Waals surface area contributed by atoms with Crippen molar-refractivity contribution in [3.05, 3.63) is 65.4 Å². The van der Waals surface area contributed by atoms with Crippen molar-refractivity contribution in [3.8, 4) is 5.75 Å². The third-order valence-electron chi connectivity index (χ3n) is 7.98. The smallest absolute Gasteiger partial charge is 0.328 e. The van der Waals surface area contributed by atoms with Crippen molar-refractivity contribution < 1.29 is 19.4 Å². The molecule has 3 aromatic rings. The van der Waals surface area contributed by atoms with Crippen molar-refractivity contribution in [2.45, 2.75) is 44.7 Å². The monoisotopic (exact) mass is 504 g/mol. The molecule has 0 spiro atoms. The fraction of sp³-hybridized carbons (Fsp3) is 0.448. The predicted octanol–water partition coefficient (Wildman–Crippen LogP) is 3.74. The minimum Gasteiger partial charge on any atom is -0.497 e. The molecule has 2 atom stereocenters. The minimum absolute atomic E-state index is 0.0961. The van der Waals surface area contributed by atoms with Gasteiger partial charge in [0.2, 0.25) is 0 Å². The molecule has 1 saturated heterocycles. The van der Waals surface area contributed by atoms with E-state index in [-0.39, 0.29) is 24.6 Å². The molecule has 0 saturated carbocycles. The van der Waals surface area contributed by atoms with Crippen LogP contribution in [0.1, 0.15) is 43.1 Å². The largest absolute Gasteiger partial charge is 0.497 e. The van der Waals surface area contributed by atoms with Gasteiger partial charge in [-0.05, 0) is 62.2 Å². The van der Waals surface area contributed by atoms with Gasteiger partial charge in [-0.1, -0.05) is 37.3 Å². The van der Waals surface area contributed by atoms with Crippen LogP contribution in [0.25, 0.3) is 10.9 Å². The maximum absolute atomic E-state index is 13.9. The molecular formula is C29H36N4O4. The Morgan fingerprint density at radius 3 is 2.65 bits per heavy atom. The van der Waals surface area contributed by atoms with Gasteiger partial charge in [0, 0.05) is 36.1 Å². The van der Waals surface area contributed by atoms with Crippen LogP contribution in [0.15, 0.2) is 48.5 Å². The number of hydrogen-bond acceptors (Lipinski definition) is 5. The van der Waals surface area contributed by atoms with Crippen LogP contribution in [0.2, 0.25) is 0 Å². The van der Waals surface area contributed by atoms with E-state index < -0.39 is 5.54 Å². The number of aliphatic hydroxyl groups excluding tert-OH is 1. The van der Waals surface area contributed by atoms with Gasteiger partial charge in [0.1, 0.15) is 11.3 Å². The number of carbonyl (C=O) groups is 2. The van der Waals surface area contributed by atoms with Gasteiger partial charge in [-0.25, -0.2) is 4.79 Å². The number of benzene rings is 2. The summed E-state index contributed by atoms with van der Waals surface area (Å²) in [5, 5.41) is 10.3. The lowest BCUT2D eigenvalue weighted by Gasteiger charge is -2.42. The van der Waals surface area contributed by atoms with Crippen LogP contribution in [0, 0.1) is 0 Å². The number of methoxy groups -OCH3 is 1. The first-order chi connectivity index (χ1) is 17.9. The van der Waals surface area contributed by atoms with Crippen LogP contribution in [-0.2, 0) is 17.6 Å². The number of likely N-dealkylation sites (N-methyl/N-ethyl adjacent to an activating group) is 1. The van der Waals surface area contributed by atoms with Crippen molar-refractivity contribution in [1.82, 2.24) is 19.7 Å². The van der Waals surface area contributed by atoms with Crippen LogP contribution < -0.4 is 4.74 Å². The highest BCUT2D eigenvalue weighted by Crippen LogP contribution is 2.47. The second-order valence-corrected chi connectivity index (χ2v) is 10.2. The van der Waals surface area contributed by atoms with Crippen molar-refractivity contribution in [3.63, 3.8) is 0 Å². The summed E-state index contributed by atoms with van der Waals surface area (Å²) in [5.41, 5.74) is 3.20. The molecule has 2 aliphatic rings. The molecule has 2 aromatic carbocycles. The fourth-order valence-corrected chi connectivity index (χ4v) is 6.03. The molecule has 0 aliphatic carbocycles. The SMILES string of the molecule is CCN(CCO)CCCN1C(=O)N2C(Cc3ccccc3)c3[nH]c4ccc(OC)cc4c3C[C@@]2(C)C1=O. The molecule has 8 heteroatoms. The zero-order valence-electron chi connectivity index (χ0n) is 21.9. The molecule has 2 N–H and O–H groups in total. The number of aromatic nitrogens is 1. The molecule has 8 nitrogen and oxygen atoms in total. The first kappa shape index (κ1) is 25.3. The van der Waals surface area contributed by atoms with Crippen LogP contribution in [0.4, 0.5) is 4.79 Å². The van der Waals surface area contributed by atoms with Crippen molar-refractivity contribution >= 4 is 22.8 Å². The number of rotatable bonds is 10. The molecular weight excluding hydrogens is 468 g/mol. The first-order valence-corrected chi connectivity index (χ1v) is 13.1.